The van der Waals surface area contributed by atoms with E-state index in [9.17, 15) is 4.79 Å². The van der Waals surface area contributed by atoms with Crippen LogP contribution in [-0.2, 0) is 13.0 Å². The minimum atomic E-state index is -0.128. The molecule has 0 saturated carbocycles. The topological polar surface area (TPSA) is 47.4 Å². The van der Waals surface area contributed by atoms with Crippen LogP contribution in [0.2, 0.25) is 0 Å². The third-order valence-electron chi connectivity index (χ3n) is 6.09. The Morgan fingerprint density at radius 2 is 1.80 bits per heavy atom. The van der Waals surface area contributed by atoms with Crippen LogP contribution in [0.5, 0.6) is 5.75 Å². The van der Waals surface area contributed by atoms with Gasteiger partial charge in [0.2, 0.25) is 0 Å². The van der Waals surface area contributed by atoms with Crippen LogP contribution < -0.4 is 4.74 Å². The van der Waals surface area contributed by atoms with Gasteiger partial charge in [0, 0.05) is 24.7 Å². The Morgan fingerprint density at radius 3 is 2.57 bits per heavy atom. The van der Waals surface area contributed by atoms with Crippen molar-refractivity contribution in [3.05, 3.63) is 71.5 Å². The third-order valence-corrected chi connectivity index (χ3v) is 6.09. The van der Waals surface area contributed by atoms with Gasteiger partial charge < -0.3 is 14.2 Å². The largest absolute Gasteiger partial charge is 0.496 e. The second-order valence-electron chi connectivity index (χ2n) is 7.89. The highest BCUT2D eigenvalue weighted by atomic mass is 16.5. The minimum Gasteiger partial charge on any atom is -0.496 e. The Kier molecular flexibility index (Phi) is 5.88. The van der Waals surface area contributed by atoms with Crippen LogP contribution in [0.15, 0.2) is 54.6 Å². The molecular weight excluding hydrogens is 374 g/mol. The van der Waals surface area contributed by atoms with E-state index in [-0.39, 0.29) is 11.9 Å². The molecule has 1 amide bonds. The number of para-hydroxylation sites is 1. The van der Waals surface area contributed by atoms with Crippen molar-refractivity contribution in [2.75, 3.05) is 14.2 Å². The molecule has 2 aromatic carbocycles. The van der Waals surface area contributed by atoms with Gasteiger partial charge in [-0.2, -0.15) is 0 Å². The molecule has 5 nitrogen and oxygen atoms in total. The van der Waals surface area contributed by atoms with Crippen molar-refractivity contribution in [2.24, 2.45) is 0 Å². The van der Waals surface area contributed by atoms with Crippen LogP contribution >= 0.6 is 0 Å². The van der Waals surface area contributed by atoms with Crippen molar-refractivity contribution in [2.45, 2.75) is 45.2 Å². The zero-order valence-corrected chi connectivity index (χ0v) is 18.0. The highest BCUT2D eigenvalue weighted by molar-refractivity contribution is 5.94. The Hall–Kier alpha value is -3.08. The second-order valence-corrected chi connectivity index (χ2v) is 7.89. The fourth-order valence-electron chi connectivity index (χ4n) is 4.26. The quantitative estimate of drug-likeness (QED) is 0.594. The predicted octanol–water partition coefficient (Wildman–Crippen LogP) is 5.12. The van der Waals surface area contributed by atoms with E-state index in [1.165, 1.54) is 6.42 Å². The summed E-state index contributed by atoms with van der Waals surface area (Å²) in [6.45, 7) is 2.94. The molecule has 4 rings (SSSR count). The molecule has 0 bridgehead atoms. The van der Waals surface area contributed by atoms with E-state index < -0.39 is 0 Å². The van der Waals surface area contributed by atoms with Crippen LogP contribution in [0.4, 0.5) is 0 Å². The molecule has 3 aromatic rings. The summed E-state index contributed by atoms with van der Waals surface area (Å²) >= 11 is 0. The van der Waals surface area contributed by atoms with Gasteiger partial charge in [-0.05, 0) is 32.3 Å². The van der Waals surface area contributed by atoms with Gasteiger partial charge >= 0.3 is 0 Å². The van der Waals surface area contributed by atoms with Gasteiger partial charge in [-0.25, -0.2) is 4.98 Å². The molecule has 0 saturated heterocycles. The molecule has 156 valence electrons. The maximum Gasteiger partial charge on any atom is 0.274 e. The summed E-state index contributed by atoms with van der Waals surface area (Å²) in [5, 5.41) is 0. The molecule has 0 fully saturated rings. The fourth-order valence-corrected chi connectivity index (χ4v) is 4.26. The van der Waals surface area contributed by atoms with E-state index in [0.717, 1.165) is 54.2 Å². The Bertz CT molecular complexity index is 1030. The van der Waals surface area contributed by atoms with Crippen molar-refractivity contribution in [1.82, 2.24) is 14.5 Å². The van der Waals surface area contributed by atoms with Gasteiger partial charge in [-0.1, -0.05) is 55.0 Å². The number of fused-ring (bicyclic) bond motifs is 1. The zero-order chi connectivity index (χ0) is 21.1. The number of rotatable bonds is 5. The van der Waals surface area contributed by atoms with Crippen LogP contribution in [0.3, 0.4) is 0 Å². The summed E-state index contributed by atoms with van der Waals surface area (Å²) in [5.74, 6) is 1.65. The average Bonchev–Trinajstić information content (AvgIpc) is 2.98. The number of aromatic nitrogens is 2. The van der Waals surface area contributed by atoms with Gasteiger partial charge in [-0.15, -0.1) is 0 Å². The average molecular weight is 404 g/mol. The van der Waals surface area contributed by atoms with Gasteiger partial charge in [0.15, 0.2) is 0 Å². The standard InChI is InChI=1S/C25H29N3O2/c1-18(20-14-9-10-16-22(20)30-3)27(2)25(29)23-21-15-8-5-11-17-28(21)24(26-23)19-12-6-4-7-13-19/h4,6-7,9-10,12-14,16,18H,5,8,11,15,17H2,1-3H3. The summed E-state index contributed by atoms with van der Waals surface area (Å²) < 4.78 is 7.77. The maximum absolute atomic E-state index is 13.6. The monoisotopic (exact) mass is 403 g/mol. The summed E-state index contributed by atoms with van der Waals surface area (Å²) in [5.41, 5.74) is 3.69. The smallest absolute Gasteiger partial charge is 0.274 e. The Morgan fingerprint density at radius 1 is 1.07 bits per heavy atom. The number of benzene rings is 2. The SMILES string of the molecule is COc1ccccc1C(C)N(C)C(=O)c1nc(-c2ccccc2)n2c1CCCCC2. The number of carbonyl (C=O) groups excluding carboxylic acids is 1. The van der Waals surface area contributed by atoms with Crippen LogP contribution in [0.25, 0.3) is 11.4 Å². The number of nitrogens with zero attached hydrogens (tertiary/aromatic N) is 3. The third kappa shape index (κ3) is 3.72. The molecule has 1 aliphatic rings. The number of ether oxygens (including phenoxy) is 1. The first-order chi connectivity index (χ1) is 14.6. The van der Waals surface area contributed by atoms with Crippen molar-refractivity contribution in [3.8, 4) is 17.1 Å². The predicted molar refractivity (Wildman–Crippen MR) is 119 cm³/mol. The molecule has 0 radical (unpaired) electrons. The molecular formula is C25H29N3O2. The molecule has 1 unspecified atom stereocenters. The molecule has 1 aliphatic heterocycles. The van der Waals surface area contributed by atoms with E-state index in [1.54, 1.807) is 12.0 Å². The molecule has 30 heavy (non-hydrogen) atoms. The van der Waals surface area contributed by atoms with E-state index in [2.05, 4.69) is 16.7 Å². The lowest BCUT2D eigenvalue weighted by atomic mass is 10.1. The first-order valence-electron chi connectivity index (χ1n) is 10.7. The highest BCUT2D eigenvalue weighted by Crippen LogP contribution is 2.31. The van der Waals surface area contributed by atoms with Crippen molar-refractivity contribution < 1.29 is 9.53 Å². The van der Waals surface area contributed by atoms with Gasteiger partial charge in [0.05, 0.1) is 18.8 Å². The Balaban J connectivity index is 1.72. The minimum absolute atomic E-state index is 0.0405. The van der Waals surface area contributed by atoms with Crippen LogP contribution in [0, 0.1) is 0 Å². The fraction of sp³-hybridized carbons (Fsp3) is 0.360. The van der Waals surface area contributed by atoms with E-state index >= 15 is 0 Å². The van der Waals surface area contributed by atoms with Crippen LogP contribution in [-0.4, -0.2) is 34.5 Å². The zero-order valence-electron chi connectivity index (χ0n) is 18.0. The lowest BCUT2D eigenvalue weighted by Crippen LogP contribution is -2.31. The lowest BCUT2D eigenvalue weighted by molar-refractivity contribution is 0.0734. The second kappa shape index (κ2) is 8.74. The molecule has 0 N–H and O–H groups in total. The van der Waals surface area contributed by atoms with Gasteiger partial charge in [0.25, 0.3) is 5.91 Å². The summed E-state index contributed by atoms with van der Waals surface area (Å²) in [6, 6.07) is 17.9. The number of hydrogen-bond acceptors (Lipinski definition) is 3. The van der Waals surface area contributed by atoms with Gasteiger partial charge in [-0.3, -0.25) is 4.79 Å². The van der Waals surface area contributed by atoms with E-state index in [4.69, 9.17) is 9.72 Å². The number of amides is 1. The molecule has 1 aromatic heterocycles. The lowest BCUT2D eigenvalue weighted by Gasteiger charge is -2.26. The maximum atomic E-state index is 13.6. The normalized spacial score (nSPS) is 14.5. The molecule has 5 heteroatoms. The van der Waals surface area contributed by atoms with Crippen molar-refractivity contribution in [1.29, 1.82) is 0 Å². The van der Waals surface area contributed by atoms with Crippen molar-refractivity contribution in [3.63, 3.8) is 0 Å². The molecule has 0 spiro atoms. The first-order valence-corrected chi connectivity index (χ1v) is 10.7. The summed E-state index contributed by atoms with van der Waals surface area (Å²) in [7, 11) is 3.51. The van der Waals surface area contributed by atoms with Crippen LogP contribution in [0.1, 0.15) is 54.0 Å². The molecule has 2 heterocycles. The highest BCUT2D eigenvalue weighted by Gasteiger charge is 2.29. The van der Waals surface area contributed by atoms with E-state index in [1.807, 2.05) is 56.4 Å². The number of hydrogen-bond donors (Lipinski definition) is 0. The number of imidazole rings is 1. The van der Waals surface area contributed by atoms with Crippen molar-refractivity contribution >= 4 is 5.91 Å². The summed E-state index contributed by atoms with van der Waals surface area (Å²) in [6.07, 6.45) is 4.27. The number of methoxy groups -OCH3 is 1. The number of carbonyl (C=O) groups is 1. The van der Waals surface area contributed by atoms with E-state index in [0.29, 0.717) is 5.69 Å². The first kappa shape index (κ1) is 20.2. The molecule has 1 atom stereocenters. The summed E-state index contributed by atoms with van der Waals surface area (Å²) in [4.78, 5) is 20.3. The Labute approximate surface area is 178 Å². The molecule has 0 aliphatic carbocycles. The van der Waals surface area contributed by atoms with Gasteiger partial charge in [0.1, 0.15) is 17.3 Å².